The summed E-state index contributed by atoms with van der Waals surface area (Å²) in [6.07, 6.45) is 2.10. The number of likely N-dealkylation sites (tertiary alicyclic amines) is 1. The lowest BCUT2D eigenvalue weighted by Gasteiger charge is -2.15. The first-order valence-electron chi connectivity index (χ1n) is 10.6. The molecule has 172 valence electrons. The molecule has 1 saturated carbocycles. The Bertz CT molecular complexity index is 1140. The first kappa shape index (κ1) is 22.0. The van der Waals surface area contributed by atoms with Crippen molar-refractivity contribution in [1.82, 2.24) is 24.4 Å². The van der Waals surface area contributed by atoms with Gasteiger partial charge in [0.1, 0.15) is 5.65 Å². The zero-order chi connectivity index (χ0) is 23.2. The lowest BCUT2D eigenvalue weighted by atomic mass is 10.2. The van der Waals surface area contributed by atoms with Crippen LogP contribution in [0.5, 0.6) is 5.88 Å². The van der Waals surface area contributed by atoms with Crippen LogP contribution in [-0.4, -0.2) is 67.5 Å². The number of carbonyl (C=O) groups excluding carboxylic acids is 2. The third-order valence-corrected chi connectivity index (χ3v) is 5.50. The van der Waals surface area contributed by atoms with Crippen molar-refractivity contribution in [2.75, 3.05) is 13.1 Å². The second kappa shape index (κ2) is 8.36. The number of fused-ring (bicyclic) bond motifs is 1. The van der Waals surface area contributed by atoms with Crippen LogP contribution in [0, 0.1) is 5.92 Å². The average Bonchev–Trinajstić information content (AvgIpc) is 3.32. The lowest BCUT2D eigenvalue weighted by Crippen LogP contribution is -2.36. The van der Waals surface area contributed by atoms with Crippen LogP contribution in [0.3, 0.4) is 0 Å². The highest BCUT2D eigenvalue weighted by atomic mass is 19.2. The zero-order valence-electron chi connectivity index (χ0n) is 17.8. The molecular weight excluding hydrogens is 424 g/mol. The summed E-state index contributed by atoms with van der Waals surface area (Å²) in [7, 11) is 0. The maximum Gasteiger partial charge on any atom is 0.270 e. The lowest BCUT2D eigenvalue weighted by molar-refractivity contribution is -0.125. The number of aromatic hydroxyl groups is 1. The molecule has 9 nitrogen and oxygen atoms in total. The van der Waals surface area contributed by atoms with Gasteiger partial charge in [-0.25, -0.2) is 8.78 Å². The molecule has 2 amide bonds. The van der Waals surface area contributed by atoms with Gasteiger partial charge in [-0.3, -0.25) is 19.0 Å². The van der Waals surface area contributed by atoms with E-state index in [1.165, 1.54) is 16.8 Å². The van der Waals surface area contributed by atoms with Gasteiger partial charge in [-0.05, 0) is 24.8 Å². The van der Waals surface area contributed by atoms with E-state index >= 15 is 0 Å². The third-order valence-electron chi connectivity index (χ3n) is 5.50. The maximum absolute atomic E-state index is 13.4. The van der Waals surface area contributed by atoms with Crippen LogP contribution in [0.25, 0.3) is 11.7 Å². The van der Waals surface area contributed by atoms with Crippen LogP contribution in [0.15, 0.2) is 17.1 Å². The van der Waals surface area contributed by atoms with Crippen LogP contribution in [0.4, 0.5) is 8.78 Å². The number of alkyl halides is 2. The molecule has 0 aromatic carbocycles. The van der Waals surface area contributed by atoms with Crippen molar-refractivity contribution >= 4 is 23.5 Å². The Morgan fingerprint density at radius 2 is 1.94 bits per heavy atom. The highest BCUT2D eigenvalue weighted by Crippen LogP contribution is 2.24. The van der Waals surface area contributed by atoms with Gasteiger partial charge in [0.2, 0.25) is 11.8 Å². The van der Waals surface area contributed by atoms with E-state index in [2.05, 4.69) is 10.4 Å². The van der Waals surface area contributed by atoms with Gasteiger partial charge < -0.3 is 15.3 Å². The number of amides is 2. The predicted molar refractivity (Wildman–Crippen MR) is 112 cm³/mol. The molecule has 2 atom stereocenters. The Hall–Kier alpha value is -3.24. The van der Waals surface area contributed by atoms with Crippen molar-refractivity contribution in [3.63, 3.8) is 0 Å². The monoisotopic (exact) mass is 449 g/mol. The van der Waals surface area contributed by atoms with Crippen LogP contribution in [0.1, 0.15) is 42.6 Å². The second-order valence-corrected chi connectivity index (χ2v) is 8.70. The van der Waals surface area contributed by atoms with E-state index in [0.717, 1.165) is 28.3 Å². The van der Waals surface area contributed by atoms with Gasteiger partial charge in [0.05, 0.1) is 19.3 Å². The van der Waals surface area contributed by atoms with Gasteiger partial charge in [-0.1, -0.05) is 13.8 Å². The van der Waals surface area contributed by atoms with Crippen molar-refractivity contribution in [2.45, 2.75) is 51.6 Å². The zero-order valence-corrected chi connectivity index (χ0v) is 17.8. The first-order valence-corrected chi connectivity index (χ1v) is 10.6. The number of nitrogens with one attached hydrogen (secondary N) is 1. The van der Waals surface area contributed by atoms with Crippen molar-refractivity contribution in [3.05, 3.63) is 33.8 Å². The smallest absolute Gasteiger partial charge is 0.270 e. The van der Waals surface area contributed by atoms with E-state index in [-0.39, 0.29) is 42.8 Å². The molecule has 1 aliphatic carbocycles. The van der Waals surface area contributed by atoms with Gasteiger partial charge in [0, 0.05) is 24.2 Å². The summed E-state index contributed by atoms with van der Waals surface area (Å²) in [5.41, 5.74) is -0.502. The van der Waals surface area contributed by atoms with Gasteiger partial charge in [-0.2, -0.15) is 9.61 Å². The Kier molecular flexibility index (Phi) is 5.74. The number of hydrogen-bond acceptors (Lipinski definition) is 5. The number of aromatic nitrogens is 3. The molecule has 4 rings (SSSR count). The van der Waals surface area contributed by atoms with E-state index < -0.39 is 35.6 Å². The average molecular weight is 449 g/mol. The number of halogens is 2. The van der Waals surface area contributed by atoms with Crippen molar-refractivity contribution in [2.24, 2.45) is 5.92 Å². The molecule has 3 heterocycles. The Balaban J connectivity index is 1.74. The fourth-order valence-corrected chi connectivity index (χ4v) is 3.72. The van der Waals surface area contributed by atoms with Crippen molar-refractivity contribution < 1.29 is 23.5 Å². The Labute approximate surface area is 182 Å². The maximum atomic E-state index is 13.4. The molecule has 0 spiro atoms. The van der Waals surface area contributed by atoms with Crippen LogP contribution in [0.2, 0.25) is 0 Å². The molecule has 1 aliphatic heterocycles. The summed E-state index contributed by atoms with van der Waals surface area (Å²) >= 11 is 0. The molecule has 2 N–H and O–H groups in total. The second-order valence-electron chi connectivity index (χ2n) is 8.70. The molecule has 1 saturated heterocycles. The number of hydrogen-bond donors (Lipinski definition) is 2. The minimum Gasteiger partial charge on any atom is -0.492 e. The summed E-state index contributed by atoms with van der Waals surface area (Å²) in [6, 6.07) is -0.00361. The minimum atomic E-state index is -1.71. The van der Waals surface area contributed by atoms with Gasteiger partial charge in [-0.15, -0.1) is 0 Å². The normalized spacial score (nSPS) is 21.2. The molecule has 0 bridgehead atoms. The van der Waals surface area contributed by atoms with Crippen LogP contribution in [-0.2, 0) is 11.3 Å². The predicted octanol–water partition coefficient (Wildman–Crippen LogP) is 1.28. The molecule has 11 heteroatoms. The molecule has 2 aliphatic rings. The van der Waals surface area contributed by atoms with E-state index in [1.54, 1.807) is 0 Å². The summed E-state index contributed by atoms with van der Waals surface area (Å²) in [4.78, 5) is 39.2. The summed E-state index contributed by atoms with van der Waals surface area (Å²) in [6.45, 7) is 3.38. The SMILES string of the molecule is CC(C)Cn1c(=O)c(C(=O)NC2CC2)c(O)n2ncc(/C=C/C(=O)N3CC(F)C(F)C3)c12. The number of carbonyl (C=O) groups is 2. The minimum absolute atomic E-state index is 0.00361. The van der Waals surface area contributed by atoms with E-state index in [9.17, 15) is 28.3 Å². The quantitative estimate of drug-likeness (QED) is 0.646. The van der Waals surface area contributed by atoms with Crippen LogP contribution >= 0.6 is 0 Å². The highest BCUT2D eigenvalue weighted by molar-refractivity contribution is 5.97. The Morgan fingerprint density at radius 3 is 2.53 bits per heavy atom. The highest BCUT2D eigenvalue weighted by Gasteiger charge is 2.35. The number of nitrogens with zero attached hydrogens (tertiary/aromatic N) is 4. The van der Waals surface area contributed by atoms with E-state index in [4.69, 9.17) is 0 Å². The van der Waals surface area contributed by atoms with E-state index in [0.29, 0.717) is 5.56 Å². The van der Waals surface area contributed by atoms with Gasteiger partial charge >= 0.3 is 0 Å². The molecular formula is C21H25F2N5O4. The molecule has 2 unspecified atom stereocenters. The largest absolute Gasteiger partial charge is 0.492 e. The molecule has 0 radical (unpaired) electrons. The number of rotatable bonds is 6. The summed E-state index contributed by atoms with van der Waals surface area (Å²) in [5.74, 6) is -1.79. The fourth-order valence-electron chi connectivity index (χ4n) is 3.72. The molecule has 2 aromatic rings. The third kappa shape index (κ3) is 4.11. The standard InChI is InChI=1S/C21H25F2N5O4/c1-11(2)8-27-19-12(3-6-16(29)26-9-14(22)15(23)10-26)7-24-28(19)21(32)17(20(27)31)18(30)25-13-4-5-13/h3,6-7,11,13-15,32H,4-5,8-10H2,1-2H3,(H,25,30)/b6-3+. The molecule has 32 heavy (non-hydrogen) atoms. The summed E-state index contributed by atoms with van der Waals surface area (Å²) in [5, 5.41) is 17.5. The molecule has 2 fully saturated rings. The molecule has 2 aromatic heterocycles. The first-order chi connectivity index (χ1) is 15.2. The van der Waals surface area contributed by atoms with Crippen LogP contribution < -0.4 is 10.9 Å². The topological polar surface area (TPSA) is 109 Å². The van der Waals surface area contributed by atoms with Crippen molar-refractivity contribution in [1.29, 1.82) is 0 Å². The fraction of sp³-hybridized carbons (Fsp3) is 0.524. The summed E-state index contributed by atoms with van der Waals surface area (Å²) < 4.78 is 29.2. The van der Waals surface area contributed by atoms with E-state index in [1.807, 2.05) is 13.8 Å². The Morgan fingerprint density at radius 1 is 1.28 bits per heavy atom. The van der Waals surface area contributed by atoms with Crippen molar-refractivity contribution in [3.8, 4) is 5.88 Å². The van der Waals surface area contributed by atoms with Gasteiger partial charge in [0.25, 0.3) is 11.5 Å². The van der Waals surface area contributed by atoms with Gasteiger partial charge in [0.15, 0.2) is 17.9 Å².